The molecule has 2 rings (SSSR count). The van der Waals surface area contributed by atoms with Crippen molar-refractivity contribution in [2.45, 2.75) is 20.8 Å². The molecule has 2 aromatic rings. The van der Waals surface area contributed by atoms with Crippen LogP contribution in [-0.2, 0) is 14.3 Å². The molecule has 2 amide bonds. The fraction of sp³-hybridized carbons (Fsp3) is 0.364. The second-order valence-corrected chi connectivity index (χ2v) is 6.66. The summed E-state index contributed by atoms with van der Waals surface area (Å²) in [7, 11) is 0. The van der Waals surface area contributed by atoms with Crippen LogP contribution in [0.1, 0.15) is 20.8 Å². The van der Waals surface area contributed by atoms with Crippen molar-refractivity contribution in [3.8, 4) is 5.75 Å². The van der Waals surface area contributed by atoms with Crippen molar-refractivity contribution in [3.05, 3.63) is 48.5 Å². The second kappa shape index (κ2) is 11.7. The molecule has 0 aliphatic carbocycles. The first-order valence-electron chi connectivity index (χ1n) is 9.73. The molecule has 0 radical (unpaired) electrons. The van der Waals surface area contributed by atoms with Gasteiger partial charge in [-0.2, -0.15) is 0 Å². The van der Waals surface area contributed by atoms with Crippen molar-refractivity contribution < 1.29 is 19.1 Å². The van der Waals surface area contributed by atoms with Crippen LogP contribution < -0.4 is 20.7 Å². The Morgan fingerprint density at radius 1 is 0.931 bits per heavy atom. The zero-order valence-corrected chi connectivity index (χ0v) is 17.2. The summed E-state index contributed by atoms with van der Waals surface area (Å²) >= 11 is 0. The predicted molar refractivity (Wildman–Crippen MR) is 115 cm³/mol. The fourth-order valence-electron chi connectivity index (χ4n) is 2.40. The highest BCUT2D eigenvalue weighted by Gasteiger charge is 2.08. The minimum Gasteiger partial charge on any atom is -0.489 e. The van der Waals surface area contributed by atoms with E-state index in [9.17, 15) is 9.59 Å². The lowest BCUT2D eigenvalue weighted by atomic mass is 10.2. The van der Waals surface area contributed by atoms with Crippen LogP contribution in [0.25, 0.3) is 0 Å². The van der Waals surface area contributed by atoms with Crippen molar-refractivity contribution in [1.82, 2.24) is 0 Å². The number of anilines is 3. The van der Waals surface area contributed by atoms with Gasteiger partial charge in [-0.3, -0.25) is 9.59 Å². The SMILES string of the molecule is CCOCCOc1ccccc1NCC(=O)Nc1ccc(NC(=O)C(C)C)cc1. The van der Waals surface area contributed by atoms with Gasteiger partial charge in [0.25, 0.3) is 0 Å². The molecule has 0 saturated carbocycles. The molecular formula is C22H29N3O4. The van der Waals surface area contributed by atoms with Gasteiger partial charge in [-0.25, -0.2) is 0 Å². The standard InChI is InChI=1S/C22H29N3O4/c1-4-28-13-14-29-20-8-6-5-7-19(20)23-15-21(26)24-17-9-11-18(12-10-17)25-22(27)16(2)3/h5-12,16,23H,4,13-15H2,1-3H3,(H,24,26)(H,25,27). The molecule has 0 aliphatic rings. The van der Waals surface area contributed by atoms with Crippen LogP contribution in [0.5, 0.6) is 5.75 Å². The number of benzene rings is 2. The quantitative estimate of drug-likeness (QED) is 0.501. The van der Waals surface area contributed by atoms with E-state index in [1.54, 1.807) is 24.3 Å². The summed E-state index contributed by atoms with van der Waals surface area (Å²) in [4.78, 5) is 24.0. The first-order valence-corrected chi connectivity index (χ1v) is 9.73. The van der Waals surface area contributed by atoms with E-state index in [1.807, 2.05) is 45.0 Å². The molecule has 0 aliphatic heterocycles. The molecule has 156 valence electrons. The average molecular weight is 399 g/mol. The van der Waals surface area contributed by atoms with E-state index < -0.39 is 0 Å². The molecule has 0 atom stereocenters. The second-order valence-electron chi connectivity index (χ2n) is 6.66. The molecular weight excluding hydrogens is 370 g/mol. The maximum Gasteiger partial charge on any atom is 0.243 e. The van der Waals surface area contributed by atoms with E-state index in [4.69, 9.17) is 9.47 Å². The highest BCUT2D eigenvalue weighted by molar-refractivity contribution is 5.95. The number of para-hydroxylation sites is 2. The summed E-state index contributed by atoms with van der Waals surface area (Å²) < 4.78 is 11.0. The molecule has 7 heteroatoms. The molecule has 0 aromatic heterocycles. The van der Waals surface area contributed by atoms with Crippen LogP contribution in [0.4, 0.5) is 17.1 Å². The van der Waals surface area contributed by atoms with Gasteiger partial charge in [-0.05, 0) is 43.3 Å². The van der Waals surface area contributed by atoms with Crippen molar-refractivity contribution in [2.24, 2.45) is 5.92 Å². The Kier molecular flexibility index (Phi) is 8.98. The number of carbonyl (C=O) groups excluding carboxylic acids is 2. The number of hydrogen-bond acceptors (Lipinski definition) is 5. The minimum atomic E-state index is -0.187. The molecule has 7 nitrogen and oxygen atoms in total. The van der Waals surface area contributed by atoms with E-state index >= 15 is 0 Å². The third-order valence-electron chi connectivity index (χ3n) is 3.98. The Morgan fingerprint density at radius 3 is 2.24 bits per heavy atom. The third-order valence-corrected chi connectivity index (χ3v) is 3.98. The minimum absolute atomic E-state index is 0.0480. The maximum atomic E-state index is 12.2. The first-order chi connectivity index (χ1) is 14.0. The Hall–Kier alpha value is -3.06. The summed E-state index contributed by atoms with van der Waals surface area (Å²) in [5, 5.41) is 8.72. The molecule has 0 unspecified atom stereocenters. The van der Waals surface area contributed by atoms with Gasteiger partial charge in [-0.1, -0.05) is 26.0 Å². The van der Waals surface area contributed by atoms with Gasteiger partial charge in [0.2, 0.25) is 11.8 Å². The molecule has 3 N–H and O–H groups in total. The van der Waals surface area contributed by atoms with Gasteiger partial charge in [0, 0.05) is 23.9 Å². The van der Waals surface area contributed by atoms with Crippen LogP contribution in [0, 0.1) is 5.92 Å². The molecule has 0 fully saturated rings. The van der Waals surface area contributed by atoms with Crippen LogP contribution in [0.3, 0.4) is 0 Å². The van der Waals surface area contributed by atoms with Gasteiger partial charge < -0.3 is 25.4 Å². The number of nitrogens with one attached hydrogen (secondary N) is 3. The summed E-state index contributed by atoms with van der Waals surface area (Å²) in [6.07, 6.45) is 0. The molecule has 0 heterocycles. The monoisotopic (exact) mass is 399 g/mol. The lowest BCUT2D eigenvalue weighted by Crippen LogP contribution is -2.22. The molecule has 0 bridgehead atoms. The highest BCUT2D eigenvalue weighted by atomic mass is 16.5. The summed E-state index contributed by atoms with van der Waals surface area (Å²) in [5.41, 5.74) is 2.09. The zero-order valence-electron chi connectivity index (χ0n) is 17.2. The van der Waals surface area contributed by atoms with Crippen molar-refractivity contribution in [1.29, 1.82) is 0 Å². The van der Waals surface area contributed by atoms with Gasteiger partial charge in [0.1, 0.15) is 12.4 Å². The zero-order chi connectivity index (χ0) is 21.1. The van der Waals surface area contributed by atoms with Gasteiger partial charge in [0.15, 0.2) is 0 Å². The Bertz CT molecular complexity index is 791. The summed E-state index contributed by atoms with van der Waals surface area (Å²) in [6, 6.07) is 14.5. The smallest absolute Gasteiger partial charge is 0.243 e. The highest BCUT2D eigenvalue weighted by Crippen LogP contribution is 2.23. The normalized spacial score (nSPS) is 10.5. The Morgan fingerprint density at radius 2 is 1.59 bits per heavy atom. The average Bonchev–Trinajstić information content (AvgIpc) is 2.71. The molecule has 0 spiro atoms. The van der Waals surface area contributed by atoms with Gasteiger partial charge >= 0.3 is 0 Å². The number of ether oxygens (including phenoxy) is 2. The number of hydrogen-bond donors (Lipinski definition) is 3. The summed E-state index contributed by atoms with van der Waals surface area (Å²) in [5.74, 6) is 0.345. The van der Waals surface area contributed by atoms with Crippen LogP contribution >= 0.6 is 0 Å². The summed E-state index contributed by atoms with van der Waals surface area (Å²) in [6.45, 7) is 7.30. The van der Waals surface area contributed by atoms with E-state index in [0.717, 1.165) is 5.69 Å². The van der Waals surface area contributed by atoms with Crippen LogP contribution in [0.15, 0.2) is 48.5 Å². The van der Waals surface area contributed by atoms with Crippen molar-refractivity contribution in [3.63, 3.8) is 0 Å². The van der Waals surface area contributed by atoms with Crippen LogP contribution in [0.2, 0.25) is 0 Å². The number of rotatable bonds is 11. The number of carbonyl (C=O) groups is 2. The lowest BCUT2D eigenvalue weighted by molar-refractivity contribution is -0.119. The van der Waals surface area contributed by atoms with Gasteiger partial charge in [0.05, 0.1) is 18.8 Å². The molecule has 29 heavy (non-hydrogen) atoms. The third kappa shape index (κ3) is 7.83. The van der Waals surface area contributed by atoms with Crippen molar-refractivity contribution >= 4 is 28.9 Å². The van der Waals surface area contributed by atoms with Crippen molar-refractivity contribution in [2.75, 3.05) is 42.3 Å². The fourth-order valence-corrected chi connectivity index (χ4v) is 2.40. The maximum absolute atomic E-state index is 12.2. The largest absolute Gasteiger partial charge is 0.489 e. The molecule has 2 aromatic carbocycles. The predicted octanol–water partition coefficient (Wildman–Crippen LogP) is 3.75. The van der Waals surface area contributed by atoms with E-state index in [-0.39, 0.29) is 24.3 Å². The number of amides is 2. The molecule has 0 saturated heterocycles. The topological polar surface area (TPSA) is 88.7 Å². The lowest BCUT2D eigenvalue weighted by Gasteiger charge is -2.13. The van der Waals surface area contributed by atoms with Gasteiger partial charge in [-0.15, -0.1) is 0 Å². The Balaban J connectivity index is 1.83. The van der Waals surface area contributed by atoms with E-state index in [0.29, 0.717) is 36.9 Å². The first kappa shape index (κ1) is 22.2. The van der Waals surface area contributed by atoms with Crippen LogP contribution in [-0.4, -0.2) is 38.2 Å². The van der Waals surface area contributed by atoms with E-state index in [1.165, 1.54) is 0 Å². The van der Waals surface area contributed by atoms with E-state index in [2.05, 4.69) is 16.0 Å². The Labute approximate surface area is 171 Å².